The number of rotatable bonds is 5. The third kappa shape index (κ3) is 4.74. The standard InChI is InChI=1S/C26H31NO6/c1-15-21(25(30)33-14-18-6-5-11-32-18)22(16-7-9-17(10-8-16)24(29)31-4)23-19(27-15)12-26(2,3)13-20(23)28/h7-10,18,22,27H,5-6,11-14H2,1-4H3. The first-order chi connectivity index (χ1) is 15.7. The van der Waals surface area contributed by atoms with Gasteiger partial charge in [0.2, 0.25) is 0 Å². The van der Waals surface area contributed by atoms with Crippen LogP contribution in [-0.4, -0.2) is 44.1 Å². The van der Waals surface area contributed by atoms with Gasteiger partial charge < -0.3 is 19.5 Å². The van der Waals surface area contributed by atoms with Crippen molar-refractivity contribution >= 4 is 17.7 Å². The second kappa shape index (κ2) is 9.14. The Balaban J connectivity index is 1.72. The van der Waals surface area contributed by atoms with E-state index in [1.54, 1.807) is 24.3 Å². The van der Waals surface area contributed by atoms with Crippen LogP contribution in [0.1, 0.15) is 68.3 Å². The predicted octanol–water partition coefficient (Wildman–Crippen LogP) is 3.80. The van der Waals surface area contributed by atoms with Gasteiger partial charge in [-0.2, -0.15) is 0 Å². The van der Waals surface area contributed by atoms with Crippen LogP contribution in [0.4, 0.5) is 0 Å². The molecule has 4 rings (SSSR count). The van der Waals surface area contributed by atoms with Crippen molar-refractivity contribution in [3.8, 4) is 0 Å². The average molecular weight is 454 g/mol. The second-order valence-corrected chi connectivity index (χ2v) is 9.78. The Morgan fingerprint density at radius 3 is 2.52 bits per heavy atom. The van der Waals surface area contributed by atoms with Crippen LogP contribution in [0.2, 0.25) is 0 Å². The van der Waals surface area contributed by atoms with Gasteiger partial charge in [-0.25, -0.2) is 9.59 Å². The molecule has 0 bridgehead atoms. The fraction of sp³-hybridized carbons (Fsp3) is 0.500. The third-order valence-corrected chi connectivity index (χ3v) is 6.55. The number of benzene rings is 1. The minimum absolute atomic E-state index is 0.0210. The van der Waals surface area contributed by atoms with E-state index in [0.29, 0.717) is 41.9 Å². The number of ketones is 1. The van der Waals surface area contributed by atoms with E-state index in [0.717, 1.165) is 24.1 Å². The van der Waals surface area contributed by atoms with E-state index in [1.165, 1.54) is 7.11 Å². The van der Waals surface area contributed by atoms with Crippen molar-refractivity contribution in [1.29, 1.82) is 0 Å². The highest BCUT2D eigenvalue weighted by Crippen LogP contribution is 2.46. The third-order valence-electron chi connectivity index (χ3n) is 6.55. The van der Waals surface area contributed by atoms with E-state index in [2.05, 4.69) is 19.2 Å². The quantitative estimate of drug-likeness (QED) is 0.678. The SMILES string of the molecule is COC(=O)c1ccc(C2C(C(=O)OCC3CCCO3)=C(C)NC3=C2C(=O)CC(C)(C)C3)cc1. The van der Waals surface area contributed by atoms with Crippen LogP contribution in [0.3, 0.4) is 0 Å². The Hall–Kier alpha value is -2.93. The fourth-order valence-corrected chi connectivity index (χ4v) is 4.99. The number of dihydropyridines is 1. The molecule has 0 amide bonds. The molecule has 2 heterocycles. The Bertz CT molecular complexity index is 1030. The van der Waals surface area contributed by atoms with Gasteiger partial charge in [-0.3, -0.25) is 4.79 Å². The zero-order chi connectivity index (χ0) is 23.8. The zero-order valence-corrected chi connectivity index (χ0v) is 19.7. The Labute approximate surface area is 194 Å². The monoisotopic (exact) mass is 453 g/mol. The summed E-state index contributed by atoms with van der Waals surface area (Å²) in [6.45, 7) is 6.86. The number of ether oxygens (including phenoxy) is 3. The first kappa shape index (κ1) is 23.2. The topological polar surface area (TPSA) is 90.9 Å². The van der Waals surface area contributed by atoms with Gasteiger partial charge in [-0.05, 0) is 49.3 Å². The van der Waals surface area contributed by atoms with E-state index in [1.807, 2.05) is 6.92 Å². The van der Waals surface area contributed by atoms with Crippen molar-refractivity contribution in [2.75, 3.05) is 20.3 Å². The zero-order valence-electron chi connectivity index (χ0n) is 19.7. The van der Waals surface area contributed by atoms with E-state index < -0.39 is 17.9 Å². The lowest BCUT2D eigenvalue weighted by Crippen LogP contribution is -2.39. The molecule has 1 aromatic rings. The van der Waals surface area contributed by atoms with Crippen LogP contribution in [0.25, 0.3) is 0 Å². The van der Waals surface area contributed by atoms with Gasteiger partial charge in [0.05, 0.1) is 24.4 Å². The molecule has 2 atom stereocenters. The number of carbonyl (C=O) groups is 3. The molecule has 3 aliphatic rings. The summed E-state index contributed by atoms with van der Waals surface area (Å²) >= 11 is 0. The minimum atomic E-state index is -0.562. The summed E-state index contributed by atoms with van der Waals surface area (Å²) in [4.78, 5) is 38.5. The van der Waals surface area contributed by atoms with Gasteiger partial charge in [0, 0.05) is 35.9 Å². The molecule has 1 aliphatic carbocycles. The van der Waals surface area contributed by atoms with E-state index in [4.69, 9.17) is 14.2 Å². The molecular formula is C26H31NO6. The molecule has 0 saturated carbocycles. The van der Waals surface area contributed by atoms with Crippen molar-refractivity contribution in [3.63, 3.8) is 0 Å². The van der Waals surface area contributed by atoms with Gasteiger partial charge in [0.25, 0.3) is 0 Å². The molecule has 0 radical (unpaired) electrons. The maximum atomic E-state index is 13.3. The van der Waals surface area contributed by atoms with Crippen molar-refractivity contribution in [3.05, 3.63) is 57.9 Å². The molecule has 0 spiro atoms. The molecule has 176 valence electrons. The summed E-state index contributed by atoms with van der Waals surface area (Å²) in [6, 6.07) is 6.87. The number of Topliss-reactive ketones (excluding diaryl/α,β-unsaturated/α-hetero) is 1. The summed E-state index contributed by atoms with van der Waals surface area (Å²) in [5, 5.41) is 3.33. The van der Waals surface area contributed by atoms with E-state index >= 15 is 0 Å². The molecular weight excluding hydrogens is 422 g/mol. The molecule has 33 heavy (non-hydrogen) atoms. The van der Waals surface area contributed by atoms with Gasteiger partial charge in [0.1, 0.15) is 6.61 Å². The fourth-order valence-electron chi connectivity index (χ4n) is 4.99. The summed E-state index contributed by atoms with van der Waals surface area (Å²) in [5.74, 6) is -1.44. The van der Waals surface area contributed by atoms with Gasteiger partial charge in [-0.1, -0.05) is 26.0 Å². The Kier molecular flexibility index (Phi) is 6.43. The van der Waals surface area contributed by atoms with Crippen LogP contribution in [0, 0.1) is 5.41 Å². The highest BCUT2D eigenvalue weighted by atomic mass is 16.6. The van der Waals surface area contributed by atoms with Gasteiger partial charge in [-0.15, -0.1) is 0 Å². The van der Waals surface area contributed by atoms with Crippen LogP contribution in [0.15, 0.2) is 46.8 Å². The molecule has 7 nitrogen and oxygen atoms in total. The number of hydrogen-bond acceptors (Lipinski definition) is 7. The number of methoxy groups -OCH3 is 1. The maximum absolute atomic E-state index is 13.3. The van der Waals surface area contributed by atoms with Crippen LogP contribution in [-0.2, 0) is 23.8 Å². The molecule has 7 heteroatoms. The first-order valence-corrected chi connectivity index (χ1v) is 11.4. The number of hydrogen-bond donors (Lipinski definition) is 1. The molecule has 1 aromatic carbocycles. The number of carbonyl (C=O) groups excluding carboxylic acids is 3. The van der Waals surface area contributed by atoms with Crippen molar-refractivity contribution in [2.45, 2.75) is 58.5 Å². The lowest BCUT2D eigenvalue weighted by Gasteiger charge is -2.39. The first-order valence-electron chi connectivity index (χ1n) is 11.4. The minimum Gasteiger partial charge on any atom is -0.465 e. The van der Waals surface area contributed by atoms with E-state index in [9.17, 15) is 14.4 Å². The normalized spacial score (nSPS) is 24.3. The highest BCUT2D eigenvalue weighted by Gasteiger charge is 2.43. The van der Waals surface area contributed by atoms with E-state index in [-0.39, 0.29) is 23.9 Å². The van der Waals surface area contributed by atoms with Crippen LogP contribution in [0.5, 0.6) is 0 Å². The smallest absolute Gasteiger partial charge is 0.337 e. The summed E-state index contributed by atoms with van der Waals surface area (Å²) < 4.78 is 16.0. The summed E-state index contributed by atoms with van der Waals surface area (Å²) in [5.41, 5.74) is 3.56. The van der Waals surface area contributed by atoms with Gasteiger partial charge in [0.15, 0.2) is 5.78 Å². The average Bonchev–Trinajstić information content (AvgIpc) is 3.29. The maximum Gasteiger partial charge on any atom is 0.337 e. The van der Waals surface area contributed by atoms with Crippen molar-refractivity contribution < 1.29 is 28.6 Å². The number of allylic oxidation sites excluding steroid dienone is 3. The Morgan fingerprint density at radius 1 is 1.15 bits per heavy atom. The predicted molar refractivity (Wildman–Crippen MR) is 121 cm³/mol. The lowest BCUT2D eigenvalue weighted by molar-refractivity contribution is -0.142. The second-order valence-electron chi connectivity index (χ2n) is 9.78. The highest BCUT2D eigenvalue weighted by molar-refractivity contribution is 6.04. The number of nitrogens with one attached hydrogen (secondary N) is 1. The van der Waals surface area contributed by atoms with Crippen molar-refractivity contribution in [1.82, 2.24) is 5.32 Å². The lowest BCUT2D eigenvalue weighted by atomic mass is 9.68. The molecule has 2 aliphatic heterocycles. The summed E-state index contributed by atoms with van der Waals surface area (Å²) in [6.07, 6.45) is 2.85. The summed E-state index contributed by atoms with van der Waals surface area (Å²) in [7, 11) is 1.33. The number of esters is 2. The molecule has 1 fully saturated rings. The molecule has 1 N–H and O–H groups in total. The molecule has 2 unspecified atom stereocenters. The molecule has 1 saturated heterocycles. The largest absolute Gasteiger partial charge is 0.465 e. The van der Waals surface area contributed by atoms with Crippen LogP contribution >= 0.6 is 0 Å². The van der Waals surface area contributed by atoms with Gasteiger partial charge >= 0.3 is 11.9 Å². The molecule has 0 aromatic heterocycles. The van der Waals surface area contributed by atoms with Crippen molar-refractivity contribution in [2.24, 2.45) is 5.41 Å². The Morgan fingerprint density at radius 2 is 1.88 bits per heavy atom. The van der Waals surface area contributed by atoms with Crippen LogP contribution < -0.4 is 5.32 Å².